The Morgan fingerprint density at radius 1 is 1.62 bits per heavy atom. The summed E-state index contributed by atoms with van der Waals surface area (Å²) in [5.74, 6) is 1.67. The van der Waals surface area contributed by atoms with Crippen LogP contribution in [0.5, 0.6) is 0 Å². The van der Waals surface area contributed by atoms with Gasteiger partial charge in [-0.15, -0.1) is 0 Å². The smallest absolute Gasteiger partial charge is 0.266 e. The fourth-order valence-corrected chi connectivity index (χ4v) is 2.06. The molecule has 0 aromatic carbocycles. The summed E-state index contributed by atoms with van der Waals surface area (Å²) in [5.41, 5.74) is 0.0707. The van der Waals surface area contributed by atoms with Crippen LogP contribution in [-0.4, -0.2) is 22.6 Å². The van der Waals surface area contributed by atoms with Gasteiger partial charge < -0.3 is 5.32 Å². The second kappa shape index (κ2) is 5.27. The summed E-state index contributed by atoms with van der Waals surface area (Å²) in [5, 5.41) is 3.38. The Bertz CT molecular complexity index is 426. The highest BCUT2D eigenvalue weighted by Gasteiger charge is 2.20. The second-order valence-corrected chi connectivity index (χ2v) is 5.42. The molecule has 1 heterocycles. The zero-order valence-corrected chi connectivity index (χ0v) is 11.5. The third-order valence-corrected chi connectivity index (χ3v) is 3.59. The van der Waals surface area contributed by atoms with Gasteiger partial charge in [0.2, 0.25) is 0 Å². The summed E-state index contributed by atoms with van der Waals surface area (Å²) in [6.45, 7) is 4.52. The molecule has 0 bridgehead atoms. The molecule has 0 amide bonds. The van der Waals surface area contributed by atoms with E-state index in [4.69, 9.17) is 0 Å². The number of nitrogens with zero attached hydrogens (tertiary/aromatic N) is 2. The van der Waals surface area contributed by atoms with Gasteiger partial charge in [-0.25, -0.2) is 4.98 Å². The lowest BCUT2D eigenvalue weighted by atomic mass is 10.4. The molecule has 1 aromatic heterocycles. The molecule has 0 saturated heterocycles. The second-order valence-electron chi connectivity index (χ2n) is 4.26. The van der Waals surface area contributed by atoms with E-state index in [2.05, 4.69) is 10.3 Å². The van der Waals surface area contributed by atoms with Crippen LogP contribution in [0.15, 0.2) is 11.0 Å². The maximum absolute atomic E-state index is 11.8. The molecule has 0 spiro atoms. The van der Waals surface area contributed by atoms with Crippen molar-refractivity contribution in [2.75, 3.05) is 13.1 Å². The zero-order chi connectivity index (χ0) is 11.5. The van der Waals surface area contributed by atoms with Crippen LogP contribution in [-0.2, 0) is 6.54 Å². The molecule has 0 unspecified atom stereocenters. The molecule has 2 rings (SSSR count). The van der Waals surface area contributed by atoms with Gasteiger partial charge in [0, 0.05) is 19.3 Å². The van der Waals surface area contributed by atoms with E-state index in [1.54, 1.807) is 10.8 Å². The molecular weight excluding hydrogens is 317 g/mol. The minimum Gasteiger partial charge on any atom is -0.315 e. The summed E-state index contributed by atoms with van der Waals surface area (Å²) < 4.78 is 2.42. The SMILES string of the molecule is Cc1ncc(I)c(=O)n1CCNCC1CC1. The highest BCUT2D eigenvalue weighted by atomic mass is 127. The first-order chi connectivity index (χ1) is 7.68. The number of aryl methyl sites for hydroxylation is 1. The van der Waals surface area contributed by atoms with Gasteiger partial charge in [-0.3, -0.25) is 9.36 Å². The van der Waals surface area contributed by atoms with Gasteiger partial charge >= 0.3 is 0 Å². The fourth-order valence-electron chi connectivity index (χ4n) is 1.63. The van der Waals surface area contributed by atoms with Crippen molar-refractivity contribution in [3.8, 4) is 0 Å². The first-order valence-electron chi connectivity index (χ1n) is 5.61. The molecule has 1 aliphatic carbocycles. The van der Waals surface area contributed by atoms with Gasteiger partial charge in [0.05, 0.1) is 3.57 Å². The number of aromatic nitrogens is 2. The van der Waals surface area contributed by atoms with Crippen molar-refractivity contribution in [2.24, 2.45) is 5.92 Å². The monoisotopic (exact) mass is 333 g/mol. The number of hydrogen-bond donors (Lipinski definition) is 1. The van der Waals surface area contributed by atoms with Gasteiger partial charge in [-0.05, 0) is 54.8 Å². The van der Waals surface area contributed by atoms with E-state index in [9.17, 15) is 4.79 Å². The molecule has 1 fully saturated rings. The van der Waals surface area contributed by atoms with E-state index in [1.165, 1.54) is 12.8 Å². The van der Waals surface area contributed by atoms with Crippen molar-refractivity contribution in [1.82, 2.24) is 14.9 Å². The molecule has 1 aliphatic rings. The first kappa shape index (κ1) is 12.0. The average Bonchev–Trinajstić information content (AvgIpc) is 3.07. The maximum atomic E-state index is 11.8. The van der Waals surface area contributed by atoms with E-state index in [0.29, 0.717) is 10.1 Å². The molecular formula is C11H16IN3O. The first-order valence-corrected chi connectivity index (χ1v) is 6.69. The summed E-state index contributed by atoms with van der Waals surface area (Å²) in [6, 6.07) is 0. The van der Waals surface area contributed by atoms with Crippen LogP contribution >= 0.6 is 22.6 Å². The molecule has 0 aliphatic heterocycles. The third kappa shape index (κ3) is 3.04. The Morgan fingerprint density at radius 2 is 2.38 bits per heavy atom. The van der Waals surface area contributed by atoms with Crippen LogP contribution in [0.4, 0.5) is 0 Å². The van der Waals surface area contributed by atoms with Crippen LogP contribution in [0.3, 0.4) is 0 Å². The highest BCUT2D eigenvalue weighted by Crippen LogP contribution is 2.27. The number of hydrogen-bond acceptors (Lipinski definition) is 3. The van der Waals surface area contributed by atoms with Crippen LogP contribution in [0.1, 0.15) is 18.7 Å². The summed E-state index contributed by atoms with van der Waals surface area (Å²) in [4.78, 5) is 16.0. The average molecular weight is 333 g/mol. The number of nitrogens with one attached hydrogen (secondary N) is 1. The van der Waals surface area contributed by atoms with Crippen molar-refractivity contribution in [1.29, 1.82) is 0 Å². The molecule has 0 radical (unpaired) electrons. The van der Waals surface area contributed by atoms with Crippen LogP contribution in [0.2, 0.25) is 0 Å². The van der Waals surface area contributed by atoms with E-state index in [0.717, 1.165) is 24.8 Å². The molecule has 0 atom stereocenters. The minimum absolute atomic E-state index is 0.0707. The number of halogens is 1. The minimum atomic E-state index is 0.0707. The van der Waals surface area contributed by atoms with E-state index < -0.39 is 0 Å². The van der Waals surface area contributed by atoms with Crippen molar-refractivity contribution >= 4 is 22.6 Å². The van der Waals surface area contributed by atoms with Crippen molar-refractivity contribution < 1.29 is 0 Å². The Hall–Kier alpha value is -0.430. The van der Waals surface area contributed by atoms with Crippen molar-refractivity contribution in [2.45, 2.75) is 26.3 Å². The summed E-state index contributed by atoms with van der Waals surface area (Å²) >= 11 is 2.03. The lowest BCUT2D eigenvalue weighted by Crippen LogP contribution is -2.31. The van der Waals surface area contributed by atoms with Gasteiger partial charge in [-0.1, -0.05) is 0 Å². The van der Waals surface area contributed by atoms with Gasteiger partial charge in [-0.2, -0.15) is 0 Å². The normalized spacial score (nSPS) is 15.4. The van der Waals surface area contributed by atoms with Crippen LogP contribution < -0.4 is 10.9 Å². The molecule has 1 N–H and O–H groups in total. The Kier molecular flexibility index (Phi) is 3.96. The molecule has 1 saturated carbocycles. The van der Waals surface area contributed by atoms with E-state index in [-0.39, 0.29) is 5.56 Å². The van der Waals surface area contributed by atoms with Gasteiger partial charge in [0.25, 0.3) is 5.56 Å². The summed E-state index contributed by atoms with van der Waals surface area (Å²) in [6.07, 6.45) is 4.35. The Balaban J connectivity index is 1.91. The van der Waals surface area contributed by atoms with Crippen molar-refractivity contribution in [3.05, 3.63) is 25.9 Å². The van der Waals surface area contributed by atoms with Gasteiger partial charge in [0.1, 0.15) is 5.82 Å². The largest absolute Gasteiger partial charge is 0.315 e. The molecule has 4 nitrogen and oxygen atoms in total. The molecule has 88 valence electrons. The predicted octanol–water partition coefficient (Wildman–Crippen LogP) is 1.16. The van der Waals surface area contributed by atoms with Crippen LogP contribution in [0.25, 0.3) is 0 Å². The molecule has 5 heteroatoms. The lowest BCUT2D eigenvalue weighted by molar-refractivity contribution is 0.549. The predicted molar refractivity (Wildman–Crippen MR) is 71.5 cm³/mol. The van der Waals surface area contributed by atoms with Crippen molar-refractivity contribution in [3.63, 3.8) is 0 Å². The van der Waals surface area contributed by atoms with Crippen LogP contribution in [0, 0.1) is 16.4 Å². The third-order valence-electron chi connectivity index (χ3n) is 2.85. The topological polar surface area (TPSA) is 46.9 Å². The molecule has 16 heavy (non-hydrogen) atoms. The maximum Gasteiger partial charge on any atom is 0.266 e. The number of rotatable bonds is 5. The Morgan fingerprint density at radius 3 is 3.06 bits per heavy atom. The lowest BCUT2D eigenvalue weighted by Gasteiger charge is -2.09. The highest BCUT2D eigenvalue weighted by molar-refractivity contribution is 14.1. The van der Waals surface area contributed by atoms with Gasteiger partial charge in [0.15, 0.2) is 0 Å². The summed E-state index contributed by atoms with van der Waals surface area (Å²) in [7, 11) is 0. The zero-order valence-electron chi connectivity index (χ0n) is 9.37. The molecule has 1 aromatic rings. The van der Waals surface area contributed by atoms with E-state index in [1.807, 2.05) is 29.5 Å². The Labute approximate surface area is 109 Å². The fraction of sp³-hybridized carbons (Fsp3) is 0.636. The van der Waals surface area contributed by atoms with E-state index >= 15 is 0 Å². The standard InChI is InChI=1S/C11H16IN3O/c1-8-14-7-10(12)11(16)15(8)5-4-13-6-9-2-3-9/h7,9,13H,2-6H2,1H3. The quantitative estimate of drug-likeness (QED) is 0.650.